The van der Waals surface area contributed by atoms with E-state index in [-0.39, 0.29) is 12.3 Å². The Bertz CT molecular complexity index is 833. The number of rotatable bonds is 6. The molecule has 0 aliphatic rings. The molecule has 5 heteroatoms. The van der Waals surface area contributed by atoms with Crippen LogP contribution in [0.2, 0.25) is 0 Å². The van der Waals surface area contributed by atoms with Crippen molar-refractivity contribution < 1.29 is 14.3 Å². The summed E-state index contributed by atoms with van der Waals surface area (Å²) in [5, 5.41) is 0. The normalized spacial score (nSPS) is 10.5. The maximum atomic E-state index is 12.5. The molecule has 1 aromatic carbocycles. The Labute approximate surface area is 139 Å². The third-order valence-corrected chi connectivity index (χ3v) is 3.89. The predicted molar refractivity (Wildman–Crippen MR) is 90.9 cm³/mol. The molecule has 3 aromatic rings. The van der Waals surface area contributed by atoms with E-state index >= 15 is 0 Å². The summed E-state index contributed by atoms with van der Waals surface area (Å²) in [6.45, 7) is 2.11. The van der Waals surface area contributed by atoms with Gasteiger partial charge in [0.1, 0.15) is 6.61 Å². The fraction of sp³-hybridized carbons (Fsp3) is 0.158. The van der Waals surface area contributed by atoms with Crippen molar-refractivity contribution in [2.24, 2.45) is 0 Å². The molecule has 0 unspecified atom stereocenters. The van der Waals surface area contributed by atoms with Crippen LogP contribution >= 0.6 is 0 Å². The maximum Gasteiger partial charge on any atom is 0.341 e. The third kappa shape index (κ3) is 3.01. The fourth-order valence-electron chi connectivity index (χ4n) is 2.75. The van der Waals surface area contributed by atoms with E-state index in [0.29, 0.717) is 18.3 Å². The molecule has 0 fully saturated rings. The second kappa shape index (κ2) is 7.00. The third-order valence-electron chi connectivity index (χ3n) is 3.89. The Balaban J connectivity index is 1.91. The Morgan fingerprint density at radius 2 is 1.96 bits per heavy atom. The molecule has 122 valence electrons. The topological polar surface area (TPSA) is 75.0 Å². The van der Waals surface area contributed by atoms with Crippen molar-refractivity contribution >= 4 is 12.3 Å². The lowest BCUT2D eigenvalue weighted by Crippen LogP contribution is -2.09. The molecule has 24 heavy (non-hydrogen) atoms. The summed E-state index contributed by atoms with van der Waals surface area (Å²) in [6, 6.07) is 13.2. The number of aldehydes is 1. The molecule has 0 saturated heterocycles. The summed E-state index contributed by atoms with van der Waals surface area (Å²) >= 11 is 0. The van der Waals surface area contributed by atoms with E-state index < -0.39 is 5.97 Å². The molecular weight excluding hydrogens is 304 g/mol. The molecule has 0 saturated carbocycles. The molecule has 5 nitrogen and oxygen atoms in total. The van der Waals surface area contributed by atoms with Gasteiger partial charge < -0.3 is 14.7 Å². The van der Waals surface area contributed by atoms with Gasteiger partial charge in [0.15, 0.2) is 6.29 Å². The minimum atomic E-state index is -0.494. The lowest BCUT2D eigenvalue weighted by atomic mass is 10.0. The average Bonchev–Trinajstić information content (AvgIpc) is 3.27. The van der Waals surface area contributed by atoms with Gasteiger partial charge in [-0.05, 0) is 29.7 Å². The molecular formula is C19H18N2O3. The first-order chi connectivity index (χ1) is 11.7. The molecule has 2 aromatic heterocycles. The smallest absolute Gasteiger partial charge is 0.341 e. The highest BCUT2D eigenvalue weighted by atomic mass is 16.5. The first kappa shape index (κ1) is 15.8. The van der Waals surface area contributed by atoms with Gasteiger partial charge in [0, 0.05) is 6.20 Å². The number of carbonyl (C=O) groups is 2. The van der Waals surface area contributed by atoms with Gasteiger partial charge >= 0.3 is 5.97 Å². The molecule has 3 rings (SSSR count). The second-order valence-corrected chi connectivity index (χ2v) is 5.38. The van der Waals surface area contributed by atoms with E-state index in [1.54, 1.807) is 6.20 Å². The van der Waals surface area contributed by atoms with Crippen molar-refractivity contribution in [1.29, 1.82) is 0 Å². The number of hydrogen-bond acceptors (Lipinski definition) is 3. The number of nitrogens with one attached hydrogen (secondary N) is 2. The first-order valence-electron chi connectivity index (χ1n) is 7.79. The Kier molecular flexibility index (Phi) is 4.61. The van der Waals surface area contributed by atoms with Crippen molar-refractivity contribution in [3.63, 3.8) is 0 Å². The summed E-state index contributed by atoms with van der Waals surface area (Å²) in [5.74, 6) is -0.494. The summed E-state index contributed by atoms with van der Waals surface area (Å²) in [6.07, 6.45) is 3.06. The molecule has 0 aliphatic carbocycles. The fourth-order valence-corrected chi connectivity index (χ4v) is 2.75. The summed E-state index contributed by atoms with van der Waals surface area (Å²) < 4.78 is 5.40. The molecule has 2 heterocycles. The van der Waals surface area contributed by atoms with Crippen molar-refractivity contribution in [2.75, 3.05) is 0 Å². The van der Waals surface area contributed by atoms with Gasteiger partial charge in [0.2, 0.25) is 0 Å². The lowest BCUT2D eigenvalue weighted by molar-refractivity contribution is 0.0470. The van der Waals surface area contributed by atoms with Gasteiger partial charge in [-0.3, -0.25) is 4.79 Å². The van der Waals surface area contributed by atoms with Crippen molar-refractivity contribution in [1.82, 2.24) is 9.97 Å². The van der Waals surface area contributed by atoms with Gasteiger partial charge in [-0.1, -0.05) is 37.3 Å². The van der Waals surface area contributed by atoms with Crippen LogP contribution in [0.1, 0.15) is 38.9 Å². The van der Waals surface area contributed by atoms with Gasteiger partial charge in [0.25, 0.3) is 0 Å². The average molecular weight is 322 g/mol. The number of carbonyl (C=O) groups excluding carboxylic acids is 2. The first-order valence-corrected chi connectivity index (χ1v) is 7.79. The van der Waals surface area contributed by atoms with Crippen molar-refractivity contribution in [3.05, 3.63) is 71.0 Å². The van der Waals surface area contributed by atoms with Gasteiger partial charge in [-0.15, -0.1) is 0 Å². The number of aromatic amines is 2. The Morgan fingerprint density at radius 1 is 1.17 bits per heavy atom. The van der Waals surface area contributed by atoms with Gasteiger partial charge in [-0.2, -0.15) is 0 Å². The van der Waals surface area contributed by atoms with Crippen LogP contribution in [0.3, 0.4) is 0 Å². The van der Waals surface area contributed by atoms with Crippen molar-refractivity contribution in [2.45, 2.75) is 20.0 Å². The standard InChI is InChI=1S/C19H18N2O3/c1-2-14-17(19(23)24-12-13-7-4-3-5-8-13)16(11-22)21-18(14)15-9-6-10-20-15/h3-11,20-21H,2,12H2,1H3. The molecule has 0 atom stereocenters. The SMILES string of the molecule is CCc1c(-c2ccc[nH]2)[nH]c(C=O)c1C(=O)OCc1ccccc1. The van der Waals surface area contributed by atoms with E-state index in [2.05, 4.69) is 9.97 Å². The zero-order valence-electron chi connectivity index (χ0n) is 13.3. The van der Waals surface area contributed by atoms with Crippen LogP contribution in [0.4, 0.5) is 0 Å². The number of H-pyrrole nitrogens is 2. The van der Waals surface area contributed by atoms with Crippen LogP contribution in [0.5, 0.6) is 0 Å². The quantitative estimate of drug-likeness (QED) is 0.536. The number of hydrogen-bond donors (Lipinski definition) is 2. The van der Waals surface area contributed by atoms with Crippen molar-refractivity contribution in [3.8, 4) is 11.4 Å². The number of esters is 1. The summed E-state index contributed by atoms with van der Waals surface area (Å²) in [5.41, 5.74) is 3.81. The van der Waals surface area contributed by atoms with Crippen LogP contribution < -0.4 is 0 Å². The van der Waals surface area contributed by atoms with Crippen LogP contribution in [0.25, 0.3) is 11.4 Å². The highest BCUT2D eigenvalue weighted by Crippen LogP contribution is 2.28. The summed E-state index contributed by atoms with van der Waals surface area (Å²) in [4.78, 5) is 30.1. The van der Waals surface area contributed by atoms with Crippen LogP contribution in [-0.2, 0) is 17.8 Å². The molecule has 0 bridgehead atoms. The Hall–Kier alpha value is -3.08. The van der Waals surface area contributed by atoms with Gasteiger partial charge in [-0.25, -0.2) is 4.79 Å². The van der Waals surface area contributed by atoms with E-state index in [0.717, 1.165) is 22.5 Å². The zero-order valence-corrected chi connectivity index (χ0v) is 13.3. The number of benzene rings is 1. The molecule has 0 aliphatic heterocycles. The van der Waals surface area contributed by atoms with E-state index in [1.807, 2.05) is 49.4 Å². The largest absolute Gasteiger partial charge is 0.457 e. The van der Waals surface area contributed by atoms with Crippen LogP contribution in [-0.4, -0.2) is 22.2 Å². The maximum absolute atomic E-state index is 12.5. The number of ether oxygens (including phenoxy) is 1. The molecule has 0 amide bonds. The van der Waals surface area contributed by atoms with E-state index in [9.17, 15) is 9.59 Å². The number of aromatic nitrogens is 2. The lowest BCUT2D eigenvalue weighted by Gasteiger charge is -2.07. The second-order valence-electron chi connectivity index (χ2n) is 5.38. The van der Waals surface area contributed by atoms with E-state index in [4.69, 9.17) is 4.74 Å². The van der Waals surface area contributed by atoms with Gasteiger partial charge in [0.05, 0.1) is 22.6 Å². The van der Waals surface area contributed by atoms with Crippen LogP contribution in [0, 0.1) is 0 Å². The highest BCUT2D eigenvalue weighted by Gasteiger charge is 2.24. The highest BCUT2D eigenvalue weighted by molar-refractivity contribution is 6.01. The molecule has 2 N–H and O–H groups in total. The predicted octanol–water partition coefficient (Wildman–Crippen LogP) is 3.74. The summed E-state index contributed by atoms with van der Waals surface area (Å²) in [7, 11) is 0. The minimum Gasteiger partial charge on any atom is -0.457 e. The Morgan fingerprint density at radius 3 is 2.58 bits per heavy atom. The monoisotopic (exact) mass is 322 g/mol. The molecule has 0 spiro atoms. The minimum absolute atomic E-state index is 0.171. The molecule has 0 radical (unpaired) electrons. The zero-order chi connectivity index (χ0) is 16.9. The van der Waals surface area contributed by atoms with E-state index in [1.165, 1.54) is 0 Å². The van der Waals surface area contributed by atoms with Crippen LogP contribution in [0.15, 0.2) is 48.7 Å².